The van der Waals surface area contributed by atoms with E-state index in [2.05, 4.69) is 12.2 Å². The van der Waals surface area contributed by atoms with Crippen molar-refractivity contribution in [2.24, 2.45) is 0 Å². The molecule has 0 spiro atoms. The van der Waals surface area contributed by atoms with E-state index < -0.39 is 5.60 Å². The summed E-state index contributed by atoms with van der Waals surface area (Å²) in [5.41, 5.74) is -0.173. The zero-order valence-corrected chi connectivity index (χ0v) is 9.19. The molecule has 1 aliphatic rings. The molecule has 1 aliphatic carbocycles. The maximum atomic E-state index is 9.54. The van der Waals surface area contributed by atoms with Gasteiger partial charge in [-0.25, -0.2) is 0 Å². The predicted octanol–water partition coefficient (Wildman–Crippen LogP) is 2.07. The minimum atomic E-state index is -0.526. The Balaban J connectivity index is 2.18. The number of nitrogens with one attached hydrogen (secondary N) is 1. The molecule has 0 unspecified atom stereocenters. The van der Waals surface area contributed by atoms with Gasteiger partial charge in [0.15, 0.2) is 0 Å². The van der Waals surface area contributed by atoms with Gasteiger partial charge in [0.1, 0.15) is 0 Å². The second-order valence-electron chi connectivity index (χ2n) is 5.26. The Morgan fingerprint density at radius 2 is 1.85 bits per heavy atom. The largest absolute Gasteiger partial charge is 0.390 e. The van der Waals surface area contributed by atoms with Crippen molar-refractivity contribution in [2.75, 3.05) is 6.54 Å². The van der Waals surface area contributed by atoms with Gasteiger partial charge in [-0.2, -0.15) is 0 Å². The fourth-order valence-electron chi connectivity index (χ4n) is 2.00. The van der Waals surface area contributed by atoms with E-state index in [9.17, 15) is 5.11 Å². The van der Waals surface area contributed by atoms with Crippen LogP contribution in [0.1, 0.15) is 52.9 Å². The number of hydrogen-bond donors (Lipinski definition) is 2. The van der Waals surface area contributed by atoms with Gasteiger partial charge >= 0.3 is 0 Å². The smallest absolute Gasteiger partial charge is 0.0603 e. The Labute approximate surface area is 81.7 Å². The number of rotatable bonds is 4. The lowest BCUT2D eigenvalue weighted by Gasteiger charge is -2.27. The van der Waals surface area contributed by atoms with Gasteiger partial charge in [-0.1, -0.05) is 12.8 Å². The Hall–Kier alpha value is -0.0800. The molecule has 0 aliphatic heterocycles. The molecule has 0 bridgehead atoms. The lowest BCUT2D eigenvalue weighted by molar-refractivity contribution is 0.0688. The summed E-state index contributed by atoms with van der Waals surface area (Å²) in [6.45, 7) is 6.96. The van der Waals surface area contributed by atoms with E-state index >= 15 is 0 Å². The summed E-state index contributed by atoms with van der Waals surface area (Å²) in [5.74, 6) is 0. The van der Waals surface area contributed by atoms with Crippen molar-refractivity contribution in [2.45, 2.75) is 64.0 Å². The van der Waals surface area contributed by atoms with Gasteiger partial charge in [0.05, 0.1) is 5.60 Å². The Morgan fingerprint density at radius 1 is 1.31 bits per heavy atom. The van der Waals surface area contributed by atoms with E-state index in [1.165, 1.54) is 25.7 Å². The quantitative estimate of drug-likeness (QED) is 0.702. The van der Waals surface area contributed by atoms with Gasteiger partial charge in [0.25, 0.3) is 0 Å². The monoisotopic (exact) mass is 185 g/mol. The van der Waals surface area contributed by atoms with Crippen molar-refractivity contribution in [1.29, 1.82) is 0 Å². The average Bonchev–Trinajstić information content (AvgIpc) is 2.33. The average molecular weight is 185 g/mol. The molecule has 2 N–H and O–H groups in total. The highest BCUT2D eigenvalue weighted by Crippen LogP contribution is 2.28. The second-order valence-corrected chi connectivity index (χ2v) is 5.26. The molecule has 1 rings (SSSR count). The molecule has 0 aromatic carbocycles. The summed E-state index contributed by atoms with van der Waals surface area (Å²) in [7, 11) is 0. The first-order valence-corrected chi connectivity index (χ1v) is 5.39. The lowest BCUT2D eigenvalue weighted by Crippen LogP contribution is -2.41. The molecule has 13 heavy (non-hydrogen) atoms. The van der Waals surface area contributed by atoms with E-state index in [0.717, 1.165) is 13.0 Å². The lowest BCUT2D eigenvalue weighted by atomic mass is 9.99. The van der Waals surface area contributed by atoms with Gasteiger partial charge in [0.2, 0.25) is 0 Å². The van der Waals surface area contributed by atoms with E-state index in [1.807, 2.05) is 13.8 Å². The predicted molar refractivity (Wildman–Crippen MR) is 55.8 cm³/mol. The Morgan fingerprint density at radius 3 is 2.31 bits per heavy atom. The molecule has 0 atom stereocenters. The standard InChI is InChI=1S/C11H23NO/c1-10(2,13)8-9-12-11(3)6-4-5-7-11/h12-13H,4-9H2,1-3H3. The highest BCUT2D eigenvalue weighted by Gasteiger charge is 2.27. The van der Waals surface area contributed by atoms with Gasteiger partial charge in [-0.3, -0.25) is 0 Å². The zero-order valence-electron chi connectivity index (χ0n) is 9.19. The third-order valence-corrected chi connectivity index (χ3v) is 3.00. The van der Waals surface area contributed by atoms with Crippen LogP contribution in [0.2, 0.25) is 0 Å². The molecule has 1 saturated carbocycles. The van der Waals surface area contributed by atoms with Crippen molar-refractivity contribution >= 4 is 0 Å². The molecule has 2 nitrogen and oxygen atoms in total. The molecule has 2 heteroatoms. The summed E-state index contributed by atoms with van der Waals surface area (Å²) < 4.78 is 0. The zero-order chi connectivity index (χ0) is 9.95. The van der Waals surface area contributed by atoms with Crippen LogP contribution in [0.4, 0.5) is 0 Å². The molecular weight excluding hydrogens is 162 g/mol. The van der Waals surface area contributed by atoms with Gasteiger partial charge in [0, 0.05) is 5.54 Å². The normalized spacial score (nSPS) is 22.2. The van der Waals surface area contributed by atoms with E-state index in [1.54, 1.807) is 0 Å². The van der Waals surface area contributed by atoms with Crippen molar-refractivity contribution in [3.05, 3.63) is 0 Å². The molecule has 1 fully saturated rings. The SMILES string of the molecule is CC(C)(O)CCNC1(C)CCCC1. The van der Waals surface area contributed by atoms with Crippen LogP contribution in [0.5, 0.6) is 0 Å². The van der Waals surface area contributed by atoms with Crippen LogP contribution in [0, 0.1) is 0 Å². The molecule has 0 heterocycles. The molecule has 0 saturated heterocycles. The van der Waals surface area contributed by atoms with E-state index in [4.69, 9.17) is 0 Å². The molecule has 0 radical (unpaired) electrons. The first-order valence-electron chi connectivity index (χ1n) is 5.39. The molecular formula is C11H23NO. The van der Waals surface area contributed by atoms with E-state index in [-0.39, 0.29) is 0 Å². The molecule has 0 aromatic rings. The third kappa shape index (κ3) is 4.10. The van der Waals surface area contributed by atoms with Crippen molar-refractivity contribution in [3.8, 4) is 0 Å². The van der Waals surface area contributed by atoms with Gasteiger partial charge in [-0.15, -0.1) is 0 Å². The number of aliphatic hydroxyl groups is 1. The number of hydrogen-bond acceptors (Lipinski definition) is 2. The Kier molecular flexibility index (Phi) is 3.36. The van der Waals surface area contributed by atoms with Gasteiger partial charge < -0.3 is 10.4 Å². The summed E-state index contributed by atoms with van der Waals surface area (Å²) in [4.78, 5) is 0. The van der Waals surface area contributed by atoms with Gasteiger partial charge in [-0.05, 0) is 46.6 Å². The summed E-state index contributed by atoms with van der Waals surface area (Å²) in [5, 5.41) is 13.1. The first-order chi connectivity index (χ1) is 5.91. The highest BCUT2D eigenvalue weighted by molar-refractivity contribution is 4.88. The molecule has 78 valence electrons. The first kappa shape index (κ1) is 11.0. The maximum Gasteiger partial charge on any atom is 0.0603 e. The second kappa shape index (κ2) is 3.97. The minimum absolute atomic E-state index is 0.352. The van der Waals surface area contributed by atoms with Crippen LogP contribution in [-0.2, 0) is 0 Å². The van der Waals surface area contributed by atoms with Crippen LogP contribution in [0.25, 0.3) is 0 Å². The fourth-order valence-corrected chi connectivity index (χ4v) is 2.00. The van der Waals surface area contributed by atoms with Crippen molar-refractivity contribution in [1.82, 2.24) is 5.32 Å². The molecule has 0 amide bonds. The van der Waals surface area contributed by atoms with Crippen molar-refractivity contribution < 1.29 is 5.11 Å². The maximum absolute atomic E-state index is 9.54. The van der Waals surface area contributed by atoms with Crippen LogP contribution < -0.4 is 5.32 Å². The van der Waals surface area contributed by atoms with Crippen LogP contribution in [0.15, 0.2) is 0 Å². The van der Waals surface area contributed by atoms with E-state index in [0.29, 0.717) is 5.54 Å². The van der Waals surface area contributed by atoms with Crippen LogP contribution in [0.3, 0.4) is 0 Å². The summed E-state index contributed by atoms with van der Waals surface area (Å²) >= 11 is 0. The van der Waals surface area contributed by atoms with Crippen LogP contribution in [-0.4, -0.2) is 22.8 Å². The fraction of sp³-hybridized carbons (Fsp3) is 1.00. The summed E-state index contributed by atoms with van der Waals surface area (Å²) in [6, 6.07) is 0. The summed E-state index contributed by atoms with van der Waals surface area (Å²) in [6.07, 6.45) is 6.12. The minimum Gasteiger partial charge on any atom is -0.390 e. The van der Waals surface area contributed by atoms with Crippen LogP contribution >= 0.6 is 0 Å². The molecule has 0 aromatic heterocycles. The topological polar surface area (TPSA) is 32.3 Å². The van der Waals surface area contributed by atoms with Crippen molar-refractivity contribution in [3.63, 3.8) is 0 Å². The third-order valence-electron chi connectivity index (χ3n) is 3.00. The Bertz CT molecular complexity index is 154. The highest BCUT2D eigenvalue weighted by atomic mass is 16.3.